The van der Waals surface area contributed by atoms with Crippen molar-refractivity contribution in [3.63, 3.8) is 0 Å². The zero-order valence-electron chi connectivity index (χ0n) is 42.7. The first-order valence-corrected chi connectivity index (χ1v) is 24.9. The average Bonchev–Trinajstić information content (AvgIpc) is 3.41. The molecule has 1 amide bonds. The number of fused-ring (bicyclic) bond motifs is 2. The van der Waals surface area contributed by atoms with Gasteiger partial charge in [0.2, 0.25) is 17.8 Å². The molecule has 18 nitrogen and oxygen atoms in total. The van der Waals surface area contributed by atoms with Gasteiger partial charge < -0.3 is 51.7 Å². The molecule has 0 spiro atoms. The van der Waals surface area contributed by atoms with Crippen molar-refractivity contribution in [3.8, 4) is 22.5 Å². The maximum absolute atomic E-state index is 13.8. The van der Waals surface area contributed by atoms with Gasteiger partial charge in [-0.15, -0.1) is 0 Å². The number of aromatic nitrogens is 6. The monoisotopic (exact) mass is 1110 g/mol. The Morgan fingerprint density at radius 2 is 1.04 bits per heavy atom. The number of amides is 1. The maximum Gasteiger partial charge on any atom is 0.418 e. The Hall–Kier alpha value is -7.28. The lowest BCUT2D eigenvalue weighted by Crippen LogP contribution is -2.48. The van der Waals surface area contributed by atoms with Crippen LogP contribution in [0.2, 0.25) is 10.0 Å². The minimum absolute atomic E-state index is 0.0260. The predicted octanol–water partition coefficient (Wildman–Crippen LogP) is 8.92. The van der Waals surface area contributed by atoms with Crippen LogP contribution in [0.15, 0.2) is 73.8 Å². The molecule has 0 bridgehead atoms. The van der Waals surface area contributed by atoms with Gasteiger partial charge in [-0.2, -0.15) is 36.3 Å². The van der Waals surface area contributed by atoms with Crippen molar-refractivity contribution in [2.75, 3.05) is 126 Å². The Morgan fingerprint density at radius 3 is 1.40 bits per heavy atom. The minimum atomic E-state index is -4.66. The Balaban J connectivity index is 0.000000230. The number of aliphatic carboxylic acids is 1. The largest absolute Gasteiger partial charge is 0.478 e. The lowest BCUT2D eigenvalue weighted by molar-refractivity contribution is -0.138. The fourth-order valence-corrected chi connectivity index (χ4v) is 8.75. The molecule has 6 heterocycles. The van der Waals surface area contributed by atoms with Gasteiger partial charge in [0, 0.05) is 93.4 Å². The van der Waals surface area contributed by atoms with Crippen LogP contribution in [0.5, 0.6) is 0 Å². The summed E-state index contributed by atoms with van der Waals surface area (Å²) in [6, 6.07) is 10.3. The topological polar surface area (TPSA) is 224 Å². The number of nitrogens with zero attached hydrogens (tertiary/aromatic N) is 11. The first-order chi connectivity index (χ1) is 36.4. The molecule has 2 aromatic carbocycles. The number of carbonyl (C=O) groups is 2. The number of piperidine rings is 1. The Labute approximate surface area is 450 Å². The summed E-state index contributed by atoms with van der Waals surface area (Å²) >= 11 is 13.1. The molecule has 412 valence electrons. The van der Waals surface area contributed by atoms with Crippen LogP contribution in [0.25, 0.3) is 44.3 Å². The molecular formula is C51H59Cl2F6N15O3. The van der Waals surface area contributed by atoms with Crippen molar-refractivity contribution < 1.29 is 41.0 Å². The van der Waals surface area contributed by atoms with Crippen molar-refractivity contribution in [1.82, 2.24) is 44.6 Å². The number of anilines is 6. The highest BCUT2D eigenvalue weighted by Crippen LogP contribution is 2.43. The third-order valence-electron chi connectivity index (χ3n) is 12.1. The first-order valence-electron chi connectivity index (χ1n) is 24.1. The van der Waals surface area contributed by atoms with E-state index in [1.54, 1.807) is 23.1 Å². The van der Waals surface area contributed by atoms with Gasteiger partial charge in [-0.05, 0) is 102 Å². The average molecular weight is 1120 g/mol. The summed E-state index contributed by atoms with van der Waals surface area (Å²) in [5, 5.41) is 15.5. The number of carbonyl (C=O) groups excluding carboxylic acids is 1. The van der Waals surface area contributed by atoms with Gasteiger partial charge in [0.1, 0.15) is 23.3 Å². The molecule has 26 heteroatoms. The number of likely N-dealkylation sites (N-methyl/N-ethyl adjacent to an activating group) is 2. The number of benzene rings is 2. The molecular weight excluding hydrogens is 1060 g/mol. The van der Waals surface area contributed by atoms with Gasteiger partial charge in [-0.1, -0.05) is 36.4 Å². The van der Waals surface area contributed by atoms with Crippen molar-refractivity contribution in [1.29, 1.82) is 0 Å². The third-order valence-corrected chi connectivity index (χ3v) is 12.7. The molecule has 2 fully saturated rings. The molecule has 2 aliphatic heterocycles. The van der Waals surface area contributed by atoms with E-state index in [2.05, 4.69) is 48.6 Å². The number of nitrogens with one attached hydrogen (secondary N) is 2. The van der Waals surface area contributed by atoms with Gasteiger partial charge in [0.15, 0.2) is 0 Å². The van der Waals surface area contributed by atoms with E-state index in [1.807, 2.05) is 42.9 Å². The summed E-state index contributed by atoms with van der Waals surface area (Å²) in [6.07, 6.45) is -3.92. The molecule has 6 aromatic rings. The smallest absolute Gasteiger partial charge is 0.418 e. The number of carboxylic acid groups (broad SMARTS) is 1. The lowest BCUT2D eigenvalue weighted by atomic mass is 10.0. The van der Waals surface area contributed by atoms with Crippen LogP contribution < -0.4 is 31.9 Å². The van der Waals surface area contributed by atoms with Gasteiger partial charge in [-0.25, -0.2) is 24.7 Å². The summed E-state index contributed by atoms with van der Waals surface area (Å²) in [5.41, 5.74) is 9.98. The molecule has 0 radical (unpaired) electrons. The van der Waals surface area contributed by atoms with Crippen LogP contribution in [0.4, 0.5) is 61.5 Å². The molecule has 8 rings (SSSR count). The minimum Gasteiger partial charge on any atom is -0.478 e. The van der Waals surface area contributed by atoms with E-state index in [1.165, 1.54) is 12.1 Å². The summed E-state index contributed by atoms with van der Waals surface area (Å²) in [4.78, 5) is 57.8. The van der Waals surface area contributed by atoms with E-state index in [0.717, 1.165) is 75.1 Å². The standard InChI is InChI=1S/C25H28ClF3N8O.C23H27ClF3N7.C3H4O2/c1-4-21(38)36-9-11-37(12-10-36)23-16-13-18(26)15(22-17(25(27,28)29)5-6-20(30)33-22)14-19(16)32-24(34-23)31-7-8-35(2)3;1-33(2)11-8-29-22-30-18-13-14(20-16(23(25,26)27)6-7-19(28)31-20)17(24)12-15(18)21(32-22)34-9-4-3-5-10-34;1-2-3(4)5/h4-6,13-14H,1,7-12H2,2-3H3,(H2,30,33)(H,31,32,34);6-7,12-13H,3-5,8-11H2,1-2H3,(H2,28,31)(H,29,30,32);2H,1H2,(H,4,5). The second-order valence-electron chi connectivity index (χ2n) is 18.3. The maximum atomic E-state index is 13.8. The molecule has 4 aromatic heterocycles. The highest BCUT2D eigenvalue weighted by molar-refractivity contribution is 6.35. The van der Waals surface area contributed by atoms with Crippen LogP contribution in [0.1, 0.15) is 30.4 Å². The van der Waals surface area contributed by atoms with E-state index in [-0.39, 0.29) is 50.1 Å². The SMILES string of the molecule is C=CC(=O)N1CCN(c2nc(NCCN(C)C)nc3cc(-c4nc(N)ccc4C(F)(F)F)c(Cl)cc23)CC1.C=CC(=O)O.CN(C)CCNc1nc(N2CCCCC2)c2cc(Cl)c(-c3nc(N)ccc3C(F)(F)F)cc2n1. The second kappa shape index (κ2) is 25.7. The van der Waals surface area contributed by atoms with Crippen molar-refractivity contribution >= 4 is 92.1 Å². The number of nitrogens with two attached hydrogens (primary N) is 2. The van der Waals surface area contributed by atoms with Crippen LogP contribution >= 0.6 is 23.2 Å². The molecule has 2 aliphatic rings. The summed E-state index contributed by atoms with van der Waals surface area (Å²) in [6.45, 7) is 12.8. The number of hydrogen-bond acceptors (Lipinski definition) is 16. The molecule has 0 saturated carbocycles. The number of piperazine rings is 1. The van der Waals surface area contributed by atoms with Crippen LogP contribution in [-0.4, -0.2) is 155 Å². The van der Waals surface area contributed by atoms with Gasteiger partial charge in [0.25, 0.3) is 0 Å². The van der Waals surface area contributed by atoms with Crippen molar-refractivity contribution in [3.05, 3.63) is 95.0 Å². The van der Waals surface area contributed by atoms with Crippen LogP contribution in [-0.2, 0) is 21.9 Å². The zero-order valence-corrected chi connectivity index (χ0v) is 44.3. The normalized spacial score (nSPS) is 14.0. The number of alkyl halides is 6. The number of rotatable bonds is 14. The fraction of sp³-hybridized carbons (Fsp3) is 0.373. The Bertz CT molecular complexity index is 3100. The second-order valence-corrected chi connectivity index (χ2v) is 19.1. The van der Waals surface area contributed by atoms with E-state index in [0.29, 0.717) is 85.3 Å². The highest BCUT2D eigenvalue weighted by Gasteiger charge is 2.37. The third kappa shape index (κ3) is 15.4. The first kappa shape index (κ1) is 59.0. The van der Waals surface area contributed by atoms with E-state index < -0.39 is 29.4 Å². The Kier molecular flexibility index (Phi) is 19.7. The lowest BCUT2D eigenvalue weighted by Gasteiger charge is -2.35. The number of carboxylic acids is 1. The molecule has 0 atom stereocenters. The summed E-state index contributed by atoms with van der Waals surface area (Å²) in [5.74, 6) is 0.812. The number of pyridine rings is 2. The van der Waals surface area contributed by atoms with Crippen molar-refractivity contribution in [2.45, 2.75) is 31.6 Å². The van der Waals surface area contributed by atoms with Gasteiger partial charge in [0.05, 0.1) is 43.6 Å². The van der Waals surface area contributed by atoms with Crippen molar-refractivity contribution in [2.24, 2.45) is 0 Å². The van der Waals surface area contributed by atoms with Gasteiger partial charge in [-0.3, -0.25) is 4.79 Å². The molecule has 2 saturated heterocycles. The van der Waals surface area contributed by atoms with Crippen LogP contribution in [0, 0.1) is 0 Å². The highest BCUT2D eigenvalue weighted by atomic mass is 35.5. The zero-order chi connectivity index (χ0) is 56.4. The quantitative estimate of drug-likeness (QED) is 0.0507. The predicted molar refractivity (Wildman–Crippen MR) is 291 cm³/mol. The number of nitrogen functional groups attached to an aromatic ring is 2. The number of halogens is 8. The van der Waals surface area contributed by atoms with E-state index in [9.17, 15) is 35.9 Å². The Morgan fingerprint density at radius 1 is 0.636 bits per heavy atom. The summed E-state index contributed by atoms with van der Waals surface area (Å²) < 4.78 is 82.5. The molecule has 0 aliphatic carbocycles. The van der Waals surface area contributed by atoms with Gasteiger partial charge >= 0.3 is 18.3 Å². The molecule has 0 unspecified atom stereocenters. The van der Waals surface area contributed by atoms with E-state index in [4.69, 9.17) is 49.7 Å². The van der Waals surface area contributed by atoms with Crippen LogP contribution in [0.3, 0.4) is 0 Å². The number of hydrogen-bond donors (Lipinski definition) is 5. The summed E-state index contributed by atoms with van der Waals surface area (Å²) in [7, 11) is 7.80. The fourth-order valence-electron chi connectivity index (χ4n) is 8.24. The molecule has 77 heavy (non-hydrogen) atoms. The van der Waals surface area contributed by atoms with E-state index >= 15 is 0 Å². The molecule has 7 N–H and O–H groups in total.